The van der Waals surface area contributed by atoms with E-state index in [9.17, 15) is 4.79 Å². The van der Waals surface area contributed by atoms with E-state index in [-0.39, 0.29) is 5.91 Å². The van der Waals surface area contributed by atoms with Crippen LogP contribution in [0.1, 0.15) is 19.4 Å². The Morgan fingerprint density at radius 2 is 2.22 bits per heavy atom. The summed E-state index contributed by atoms with van der Waals surface area (Å²) in [6.07, 6.45) is 3.55. The molecular formula is C13H16N4O. The van der Waals surface area contributed by atoms with E-state index in [2.05, 4.69) is 15.4 Å². The van der Waals surface area contributed by atoms with Crippen molar-refractivity contribution in [3.05, 3.63) is 36.2 Å². The number of carbonyl (C=O) groups is 1. The molecule has 94 valence electrons. The van der Waals surface area contributed by atoms with Crippen molar-refractivity contribution in [2.75, 3.05) is 0 Å². The van der Waals surface area contributed by atoms with E-state index >= 15 is 0 Å². The molecule has 0 saturated heterocycles. The van der Waals surface area contributed by atoms with Crippen LogP contribution in [0.25, 0.3) is 11.4 Å². The quantitative estimate of drug-likeness (QED) is 0.888. The second kappa shape index (κ2) is 5.44. The van der Waals surface area contributed by atoms with Crippen molar-refractivity contribution >= 4 is 5.91 Å². The zero-order valence-electron chi connectivity index (χ0n) is 10.6. The van der Waals surface area contributed by atoms with E-state index in [1.54, 1.807) is 12.4 Å². The van der Waals surface area contributed by atoms with E-state index in [0.29, 0.717) is 6.54 Å². The fourth-order valence-corrected chi connectivity index (χ4v) is 1.71. The minimum absolute atomic E-state index is 0.0388. The molecule has 5 nitrogen and oxygen atoms in total. The molecule has 0 spiro atoms. The normalized spacial score (nSPS) is 10.3. The highest BCUT2D eigenvalue weighted by molar-refractivity contribution is 5.72. The number of amides is 1. The van der Waals surface area contributed by atoms with Gasteiger partial charge in [-0.25, -0.2) is 0 Å². The van der Waals surface area contributed by atoms with Crippen LogP contribution in [0.3, 0.4) is 0 Å². The predicted molar refractivity (Wildman–Crippen MR) is 68.7 cm³/mol. The summed E-state index contributed by atoms with van der Waals surface area (Å²) in [5.41, 5.74) is 2.88. The van der Waals surface area contributed by atoms with Crippen LogP contribution in [0, 0.1) is 0 Å². The Morgan fingerprint density at radius 3 is 2.83 bits per heavy atom. The Labute approximate surface area is 106 Å². The summed E-state index contributed by atoms with van der Waals surface area (Å²) in [5, 5.41) is 6.95. The van der Waals surface area contributed by atoms with Gasteiger partial charge in [-0.2, -0.15) is 5.10 Å². The lowest BCUT2D eigenvalue weighted by molar-refractivity contribution is -0.119. The topological polar surface area (TPSA) is 59.8 Å². The first kappa shape index (κ1) is 12.3. The van der Waals surface area contributed by atoms with E-state index in [0.717, 1.165) is 23.5 Å². The SMILES string of the molecule is CCn1nccc1-c1ccc(CNC(C)=O)cn1. The fourth-order valence-electron chi connectivity index (χ4n) is 1.71. The number of nitrogens with one attached hydrogen (secondary N) is 1. The second-order valence-corrected chi connectivity index (χ2v) is 3.99. The Bertz CT molecular complexity index is 530. The van der Waals surface area contributed by atoms with Gasteiger partial charge in [0.05, 0.1) is 11.4 Å². The molecule has 0 bridgehead atoms. The summed E-state index contributed by atoms with van der Waals surface area (Å²) in [5.74, 6) is -0.0388. The molecule has 2 aromatic rings. The monoisotopic (exact) mass is 244 g/mol. The van der Waals surface area contributed by atoms with Crippen LogP contribution in [0.15, 0.2) is 30.6 Å². The largest absolute Gasteiger partial charge is 0.352 e. The maximum Gasteiger partial charge on any atom is 0.217 e. The average Bonchev–Trinajstić information content (AvgIpc) is 2.85. The zero-order valence-corrected chi connectivity index (χ0v) is 10.6. The molecule has 2 aromatic heterocycles. The molecule has 18 heavy (non-hydrogen) atoms. The van der Waals surface area contributed by atoms with Gasteiger partial charge in [-0.3, -0.25) is 14.5 Å². The van der Waals surface area contributed by atoms with Crippen LogP contribution in [-0.2, 0) is 17.9 Å². The summed E-state index contributed by atoms with van der Waals surface area (Å²) < 4.78 is 1.90. The fraction of sp³-hybridized carbons (Fsp3) is 0.308. The van der Waals surface area contributed by atoms with E-state index < -0.39 is 0 Å². The second-order valence-electron chi connectivity index (χ2n) is 3.99. The van der Waals surface area contributed by atoms with Gasteiger partial charge in [-0.15, -0.1) is 0 Å². The molecule has 0 saturated carbocycles. The molecule has 5 heteroatoms. The number of carbonyl (C=O) groups excluding carboxylic acids is 1. The van der Waals surface area contributed by atoms with Crippen molar-refractivity contribution < 1.29 is 4.79 Å². The van der Waals surface area contributed by atoms with Crippen LogP contribution in [-0.4, -0.2) is 20.7 Å². The summed E-state index contributed by atoms with van der Waals surface area (Å²) in [7, 11) is 0. The molecule has 0 aliphatic carbocycles. The molecule has 2 heterocycles. The van der Waals surface area contributed by atoms with Crippen molar-refractivity contribution in [2.45, 2.75) is 26.9 Å². The summed E-state index contributed by atoms with van der Waals surface area (Å²) >= 11 is 0. The Kier molecular flexibility index (Phi) is 3.72. The maximum absolute atomic E-state index is 10.8. The molecule has 0 aliphatic heterocycles. The molecule has 1 amide bonds. The van der Waals surface area contributed by atoms with Crippen molar-refractivity contribution in [2.24, 2.45) is 0 Å². The number of aryl methyl sites for hydroxylation is 1. The van der Waals surface area contributed by atoms with E-state index in [1.165, 1.54) is 6.92 Å². The van der Waals surface area contributed by atoms with E-state index in [4.69, 9.17) is 0 Å². The number of aromatic nitrogens is 3. The third-order valence-electron chi connectivity index (χ3n) is 2.64. The smallest absolute Gasteiger partial charge is 0.217 e. The highest BCUT2D eigenvalue weighted by Crippen LogP contribution is 2.16. The first-order chi connectivity index (χ1) is 8.70. The maximum atomic E-state index is 10.8. The van der Waals surface area contributed by atoms with Crippen LogP contribution in [0.4, 0.5) is 0 Å². The van der Waals surface area contributed by atoms with Gasteiger partial charge >= 0.3 is 0 Å². The average molecular weight is 244 g/mol. The molecule has 0 radical (unpaired) electrons. The number of hydrogen-bond acceptors (Lipinski definition) is 3. The van der Waals surface area contributed by atoms with Crippen molar-refractivity contribution in [1.82, 2.24) is 20.1 Å². The summed E-state index contributed by atoms with van der Waals surface area (Å²) in [4.78, 5) is 15.2. The Hall–Kier alpha value is -2.17. The van der Waals surface area contributed by atoms with Gasteiger partial charge in [0.2, 0.25) is 5.91 Å². The summed E-state index contributed by atoms with van der Waals surface area (Å²) in [6.45, 7) is 4.87. The van der Waals surface area contributed by atoms with Gasteiger partial charge in [-0.1, -0.05) is 6.07 Å². The van der Waals surface area contributed by atoms with Crippen molar-refractivity contribution in [3.63, 3.8) is 0 Å². The standard InChI is InChI=1S/C13H16N4O/c1-3-17-13(6-7-16-17)12-5-4-11(9-15-12)8-14-10(2)18/h4-7,9H,3,8H2,1-2H3,(H,14,18). The van der Waals surface area contributed by atoms with Gasteiger partial charge in [0.1, 0.15) is 0 Å². The molecule has 2 rings (SSSR count). The van der Waals surface area contributed by atoms with E-state index in [1.807, 2.05) is 29.8 Å². The van der Waals surface area contributed by atoms with Crippen LogP contribution in [0.5, 0.6) is 0 Å². The first-order valence-electron chi connectivity index (χ1n) is 5.92. The van der Waals surface area contributed by atoms with Gasteiger partial charge in [0, 0.05) is 32.4 Å². The minimum atomic E-state index is -0.0388. The van der Waals surface area contributed by atoms with Crippen LogP contribution < -0.4 is 5.32 Å². The predicted octanol–water partition coefficient (Wildman–Crippen LogP) is 1.60. The molecule has 0 atom stereocenters. The number of rotatable bonds is 4. The molecule has 0 unspecified atom stereocenters. The molecule has 1 N–H and O–H groups in total. The third-order valence-corrected chi connectivity index (χ3v) is 2.64. The molecule has 0 aliphatic rings. The Morgan fingerprint density at radius 1 is 1.39 bits per heavy atom. The molecular weight excluding hydrogens is 228 g/mol. The van der Waals surface area contributed by atoms with Gasteiger partial charge in [-0.05, 0) is 24.6 Å². The summed E-state index contributed by atoms with van der Waals surface area (Å²) in [6, 6.07) is 5.85. The van der Waals surface area contributed by atoms with Crippen LogP contribution in [0.2, 0.25) is 0 Å². The van der Waals surface area contributed by atoms with Gasteiger partial charge < -0.3 is 5.32 Å². The molecule has 0 aromatic carbocycles. The first-order valence-corrected chi connectivity index (χ1v) is 5.92. The lowest BCUT2D eigenvalue weighted by atomic mass is 10.2. The number of nitrogens with zero attached hydrogens (tertiary/aromatic N) is 3. The zero-order chi connectivity index (χ0) is 13.0. The lowest BCUT2D eigenvalue weighted by Crippen LogP contribution is -2.18. The van der Waals surface area contributed by atoms with Crippen molar-refractivity contribution in [1.29, 1.82) is 0 Å². The number of hydrogen-bond donors (Lipinski definition) is 1. The van der Waals surface area contributed by atoms with Gasteiger partial charge in [0.25, 0.3) is 0 Å². The molecule has 0 fully saturated rings. The van der Waals surface area contributed by atoms with Crippen LogP contribution >= 0.6 is 0 Å². The number of pyridine rings is 1. The highest BCUT2D eigenvalue weighted by Gasteiger charge is 2.05. The highest BCUT2D eigenvalue weighted by atomic mass is 16.1. The van der Waals surface area contributed by atoms with Crippen molar-refractivity contribution in [3.8, 4) is 11.4 Å². The Balaban J connectivity index is 2.14. The minimum Gasteiger partial charge on any atom is -0.352 e. The lowest BCUT2D eigenvalue weighted by Gasteiger charge is -2.06. The van der Waals surface area contributed by atoms with Gasteiger partial charge in [0.15, 0.2) is 0 Å². The third kappa shape index (κ3) is 2.74.